The van der Waals surface area contributed by atoms with Gasteiger partial charge >= 0.3 is 6.09 Å². The first kappa shape index (κ1) is 28.7. The lowest BCUT2D eigenvalue weighted by Gasteiger charge is -2.23. The van der Waals surface area contributed by atoms with Gasteiger partial charge in [-0.05, 0) is 31.9 Å². The van der Waals surface area contributed by atoms with Crippen molar-refractivity contribution >= 4 is 17.6 Å². The number of nitrogens with one attached hydrogen (secondary N) is 2. The van der Waals surface area contributed by atoms with E-state index >= 15 is 0 Å². The maximum atomic E-state index is 12.7. The van der Waals surface area contributed by atoms with Crippen LogP contribution in [0.3, 0.4) is 0 Å². The summed E-state index contributed by atoms with van der Waals surface area (Å²) in [5.41, 5.74) is 7.15. The summed E-state index contributed by atoms with van der Waals surface area (Å²) in [6.07, 6.45) is 1.62. The first-order valence-electron chi connectivity index (χ1n) is 11.3. The highest BCUT2D eigenvalue weighted by Crippen LogP contribution is 2.17. The average Bonchev–Trinajstić information content (AvgIpc) is 3.25. The van der Waals surface area contributed by atoms with E-state index in [1.807, 2.05) is 30.3 Å². The molecule has 11 nitrogen and oxygen atoms in total. The highest BCUT2D eigenvalue weighted by atomic mass is 16.5. The van der Waals surface area contributed by atoms with Gasteiger partial charge in [-0.25, -0.2) is 4.79 Å². The van der Waals surface area contributed by atoms with Gasteiger partial charge in [0.15, 0.2) is 11.5 Å². The molecule has 196 valence electrons. The zero-order valence-electron chi connectivity index (χ0n) is 19.9. The van der Waals surface area contributed by atoms with Gasteiger partial charge in [0.2, 0.25) is 5.91 Å². The Balaban J connectivity index is 0.00000456. The highest BCUT2D eigenvalue weighted by Gasteiger charge is 2.28. The third-order valence-corrected chi connectivity index (χ3v) is 5.06. The van der Waals surface area contributed by atoms with Gasteiger partial charge in [0.05, 0.1) is 18.8 Å². The molecular formula is C25H36N6O5. The van der Waals surface area contributed by atoms with Gasteiger partial charge in [-0.2, -0.15) is 0 Å². The molecule has 3 aromatic rings. The Kier molecular flexibility index (Phi) is 10.8. The smallest absolute Gasteiger partial charge is 0.407 e. The number of rotatable bonds is 12. The summed E-state index contributed by atoms with van der Waals surface area (Å²) in [5.74, 6) is 0.0986. The van der Waals surface area contributed by atoms with Crippen LogP contribution in [0, 0.1) is 0 Å². The Hall–Kier alpha value is -3.54. The molecule has 1 atom stereocenters. The summed E-state index contributed by atoms with van der Waals surface area (Å²) in [6, 6.07) is 12.6. The van der Waals surface area contributed by atoms with Crippen LogP contribution in [-0.4, -0.2) is 57.0 Å². The summed E-state index contributed by atoms with van der Waals surface area (Å²) in [7, 11) is 0. The first-order valence-corrected chi connectivity index (χ1v) is 11.3. The SMILES string of the molecule is C.CC(C)(N)C(=O)N[C@H](COCc1ccccc1)c1nnc2ccc(COC(=O)NCCCO)cn12. The van der Waals surface area contributed by atoms with Crippen LogP contribution >= 0.6 is 0 Å². The van der Waals surface area contributed by atoms with Crippen LogP contribution in [-0.2, 0) is 27.5 Å². The second kappa shape index (κ2) is 13.5. The molecule has 0 bridgehead atoms. The van der Waals surface area contributed by atoms with E-state index in [0.29, 0.717) is 36.6 Å². The number of amides is 2. The van der Waals surface area contributed by atoms with Crippen LogP contribution in [0.2, 0.25) is 0 Å². The Morgan fingerprint density at radius 2 is 1.86 bits per heavy atom. The lowest BCUT2D eigenvalue weighted by molar-refractivity contribution is -0.126. The normalized spacial score (nSPS) is 12.0. The Morgan fingerprint density at radius 1 is 1.11 bits per heavy atom. The number of benzene rings is 1. The van der Waals surface area contributed by atoms with Crippen LogP contribution in [0.1, 0.15) is 50.7 Å². The second-order valence-corrected chi connectivity index (χ2v) is 8.65. The summed E-state index contributed by atoms with van der Waals surface area (Å²) in [5, 5.41) is 22.7. The molecule has 0 fully saturated rings. The van der Waals surface area contributed by atoms with Gasteiger partial charge in [-0.3, -0.25) is 9.20 Å². The molecule has 0 aliphatic rings. The summed E-state index contributed by atoms with van der Waals surface area (Å²) < 4.78 is 12.8. The Labute approximate surface area is 211 Å². The molecule has 11 heteroatoms. The number of pyridine rings is 1. The molecule has 5 N–H and O–H groups in total. The number of ether oxygens (including phenoxy) is 2. The molecule has 36 heavy (non-hydrogen) atoms. The Morgan fingerprint density at radius 3 is 2.56 bits per heavy atom. The van der Waals surface area contributed by atoms with Crippen LogP contribution in [0.4, 0.5) is 4.79 Å². The van der Waals surface area contributed by atoms with Gasteiger partial charge in [0.25, 0.3) is 0 Å². The third kappa shape index (κ3) is 8.29. The fraction of sp³-hybridized carbons (Fsp3) is 0.440. The van der Waals surface area contributed by atoms with E-state index in [4.69, 9.17) is 20.3 Å². The molecule has 0 spiro atoms. The average molecular weight is 501 g/mol. The van der Waals surface area contributed by atoms with Crippen molar-refractivity contribution in [3.05, 3.63) is 65.6 Å². The number of nitrogens with two attached hydrogens (primary N) is 1. The van der Waals surface area contributed by atoms with E-state index in [1.54, 1.807) is 36.6 Å². The van der Waals surface area contributed by atoms with E-state index in [0.717, 1.165) is 5.56 Å². The summed E-state index contributed by atoms with van der Waals surface area (Å²) >= 11 is 0. The van der Waals surface area contributed by atoms with Crippen molar-refractivity contribution in [3.63, 3.8) is 0 Å². The molecule has 0 saturated carbocycles. The number of aliphatic hydroxyl groups excluding tert-OH is 1. The predicted octanol–water partition coefficient (Wildman–Crippen LogP) is 2.09. The molecule has 3 rings (SSSR count). The van der Waals surface area contributed by atoms with Crippen LogP contribution in [0.5, 0.6) is 0 Å². The molecule has 2 amide bonds. The minimum atomic E-state index is -1.10. The number of fused-ring (bicyclic) bond motifs is 1. The molecular weight excluding hydrogens is 464 g/mol. The third-order valence-electron chi connectivity index (χ3n) is 5.06. The second-order valence-electron chi connectivity index (χ2n) is 8.65. The largest absolute Gasteiger partial charge is 0.445 e. The van der Waals surface area contributed by atoms with Crippen molar-refractivity contribution in [2.24, 2.45) is 5.73 Å². The van der Waals surface area contributed by atoms with Crippen LogP contribution in [0.15, 0.2) is 48.7 Å². The maximum Gasteiger partial charge on any atom is 0.407 e. The fourth-order valence-electron chi connectivity index (χ4n) is 3.14. The zero-order chi connectivity index (χ0) is 25.3. The molecule has 0 saturated heterocycles. The molecule has 1 aromatic carbocycles. The number of aliphatic hydroxyl groups is 1. The Bertz CT molecular complexity index is 1110. The van der Waals surface area contributed by atoms with Crippen molar-refractivity contribution in [3.8, 4) is 0 Å². The predicted molar refractivity (Wildman–Crippen MR) is 135 cm³/mol. The standard InChI is InChI=1S/C24H32N6O5.CH4/c1-24(2,25)22(32)27-19(16-34-14-17-7-4-3-5-8-17)21-29-28-20-10-9-18(13-30(20)21)15-35-23(33)26-11-6-12-31;/h3-5,7-10,13,19,31H,6,11-12,14-16,25H2,1-2H3,(H,26,33)(H,27,32);1H4/t19-;/m1./s1. The van der Waals surface area contributed by atoms with Crippen molar-refractivity contribution in [2.75, 3.05) is 19.8 Å². The number of carbonyl (C=O) groups is 2. The number of hydrogen-bond donors (Lipinski definition) is 4. The molecule has 0 aliphatic carbocycles. The van der Waals surface area contributed by atoms with Crippen molar-refractivity contribution < 1.29 is 24.2 Å². The van der Waals surface area contributed by atoms with E-state index in [-0.39, 0.29) is 33.2 Å². The van der Waals surface area contributed by atoms with Crippen LogP contribution in [0.25, 0.3) is 5.65 Å². The van der Waals surface area contributed by atoms with Gasteiger partial charge in [-0.15, -0.1) is 10.2 Å². The van der Waals surface area contributed by atoms with Gasteiger partial charge in [0, 0.05) is 24.9 Å². The lowest BCUT2D eigenvalue weighted by Crippen LogP contribution is -2.50. The minimum absolute atomic E-state index is 0. The molecule has 0 unspecified atom stereocenters. The first-order chi connectivity index (χ1) is 16.8. The maximum absolute atomic E-state index is 12.7. The molecule has 2 aromatic heterocycles. The number of carbonyl (C=O) groups excluding carboxylic acids is 2. The fourth-order valence-corrected chi connectivity index (χ4v) is 3.14. The summed E-state index contributed by atoms with van der Waals surface area (Å²) in [4.78, 5) is 24.5. The molecule has 2 heterocycles. The zero-order valence-corrected chi connectivity index (χ0v) is 19.9. The van der Waals surface area contributed by atoms with E-state index < -0.39 is 17.7 Å². The van der Waals surface area contributed by atoms with Crippen molar-refractivity contribution in [1.82, 2.24) is 25.2 Å². The number of nitrogens with zero attached hydrogens (tertiary/aromatic N) is 3. The van der Waals surface area contributed by atoms with Gasteiger partial charge in [0.1, 0.15) is 12.6 Å². The monoisotopic (exact) mass is 500 g/mol. The molecule has 0 aliphatic heterocycles. The van der Waals surface area contributed by atoms with E-state index in [1.165, 1.54) is 0 Å². The van der Waals surface area contributed by atoms with E-state index in [2.05, 4.69) is 20.8 Å². The highest BCUT2D eigenvalue weighted by molar-refractivity contribution is 5.85. The van der Waals surface area contributed by atoms with E-state index in [9.17, 15) is 9.59 Å². The minimum Gasteiger partial charge on any atom is -0.445 e. The topological polar surface area (TPSA) is 153 Å². The molecule has 0 radical (unpaired) electrons. The number of alkyl carbamates (subject to hydrolysis) is 1. The number of hydrogen-bond acceptors (Lipinski definition) is 8. The van der Waals surface area contributed by atoms with Crippen molar-refractivity contribution in [2.45, 2.75) is 52.5 Å². The quantitative estimate of drug-likeness (QED) is 0.276. The van der Waals surface area contributed by atoms with Gasteiger partial charge < -0.3 is 30.9 Å². The van der Waals surface area contributed by atoms with Gasteiger partial charge in [-0.1, -0.05) is 43.8 Å². The number of aromatic nitrogens is 3. The van der Waals surface area contributed by atoms with Crippen LogP contribution < -0.4 is 16.4 Å². The summed E-state index contributed by atoms with van der Waals surface area (Å²) in [6.45, 7) is 4.08. The lowest BCUT2D eigenvalue weighted by atomic mass is 10.1. The van der Waals surface area contributed by atoms with Crippen molar-refractivity contribution in [1.29, 1.82) is 0 Å².